The molecular formula is C14H27NO2S. The first-order valence-corrected chi connectivity index (χ1v) is 8.29. The summed E-state index contributed by atoms with van der Waals surface area (Å²) in [6, 6.07) is 0. The number of thioether (sulfide) groups is 1. The van der Waals surface area contributed by atoms with Gasteiger partial charge in [-0.1, -0.05) is 20.3 Å². The lowest BCUT2D eigenvalue weighted by Crippen LogP contribution is -2.48. The lowest BCUT2D eigenvalue weighted by molar-refractivity contribution is -0.132. The van der Waals surface area contributed by atoms with Crippen molar-refractivity contribution >= 4 is 17.7 Å². The summed E-state index contributed by atoms with van der Waals surface area (Å²) in [6.45, 7) is 6.12. The molecular weight excluding hydrogens is 246 g/mol. The number of amides is 1. The van der Waals surface area contributed by atoms with Crippen molar-refractivity contribution in [2.75, 3.05) is 31.2 Å². The van der Waals surface area contributed by atoms with E-state index in [4.69, 9.17) is 0 Å². The molecule has 1 saturated heterocycles. The van der Waals surface area contributed by atoms with Crippen LogP contribution in [0, 0.1) is 5.41 Å². The molecule has 1 atom stereocenters. The minimum absolute atomic E-state index is 0.0297. The second kappa shape index (κ2) is 8.05. The van der Waals surface area contributed by atoms with Gasteiger partial charge in [0.1, 0.15) is 0 Å². The van der Waals surface area contributed by atoms with Crippen LogP contribution in [0.25, 0.3) is 0 Å². The van der Waals surface area contributed by atoms with Crippen molar-refractivity contribution in [2.45, 2.75) is 46.0 Å². The maximum atomic E-state index is 12.1. The molecule has 0 aromatic carbocycles. The molecule has 1 amide bonds. The van der Waals surface area contributed by atoms with Crippen LogP contribution >= 0.6 is 11.8 Å². The van der Waals surface area contributed by atoms with Gasteiger partial charge in [-0.05, 0) is 31.4 Å². The van der Waals surface area contributed by atoms with Crippen LogP contribution in [0.1, 0.15) is 46.0 Å². The standard InChI is InChI=1S/C14H27NO2S/c1-3-6-14(12-16)7-5-8-15(11-14)13(17)10-18-9-4-2/h16H,3-12H2,1-2H3. The second-order valence-electron chi connectivity index (χ2n) is 5.38. The lowest BCUT2D eigenvalue weighted by Gasteiger charge is -2.42. The van der Waals surface area contributed by atoms with Crippen LogP contribution < -0.4 is 0 Å². The van der Waals surface area contributed by atoms with Gasteiger partial charge in [-0.3, -0.25) is 4.79 Å². The molecule has 1 aliphatic rings. The Morgan fingerprint density at radius 3 is 2.78 bits per heavy atom. The SMILES string of the molecule is CCCSCC(=O)N1CCCC(CO)(CCC)C1. The highest BCUT2D eigenvalue weighted by atomic mass is 32.2. The van der Waals surface area contributed by atoms with E-state index in [-0.39, 0.29) is 17.9 Å². The lowest BCUT2D eigenvalue weighted by atomic mass is 9.77. The Bertz CT molecular complexity index is 256. The Morgan fingerprint density at radius 2 is 2.17 bits per heavy atom. The van der Waals surface area contributed by atoms with Crippen LogP contribution in [0.4, 0.5) is 0 Å². The fourth-order valence-electron chi connectivity index (χ4n) is 2.76. The van der Waals surface area contributed by atoms with E-state index in [1.54, 1.807) is 11.8 Å². The van der Waals surface area contributed by atoms with Gasteiger partial charge in [-0.2, -0.15) is 11.8 Å². The molecule has 4 heteroatoms. The first kappa shape index (κ1) is 15.8. The van der Waals surface area contributed by atoms with Crippen LogP contribution in [0.2, 0.25) is 0 Å². The van der Waals surface area contributed by atoms with Crippen molar-refractivity contribution in [3.8, 4) is 0 Å². The number of hydrogen-bond donors (Lipinski definition) is 1. The Balaban J connectivity index is 2.48. The number of aliphatic hydroxyl groups is 1. The Kier molecular flexibility index (Phi) is 7.08. The van der Waals surface area contributed by atoms with Gasteiger partial charge in [0.2, 0.25) is 5.91 Å². The summed E-state index contributed by atoms with van der Waals surface area (Å²) < 4.78 is 0. The highest BCUT2D eigenvalue weighted by Gasteiger charge is 2.35. The fourth-order valence-corrected chi connectivity index (χ4v) is 3.55. The third kappa shape index (κ3) is 4.47. The zero-order valence-electron chi connectivity index (χ0n) is 11.8. The Labute approximate surface area is 115 Å². The summed E-state index contributed by atoms with van der Waals surface area (Å²) in [5.41, 5.74) is -0.0297. The molecule has 0 aromatic rings. The first-order chi connectivity index (χ1) is 8.67. The van der Waals surface area contributed by atoms with Crippen LogP contribution in [-0.4, -0.2) is 47.1 Å². The summed E-state index contributed by atoms with van der Waals surface area (Å²) in [6.07, 6.45) is 5.31. The molecule has 3 nitrogen and oxygen atoms in total. The molecule has 0 spiro atoms. The van der Waals surface area contributed by atoms with Gasteiger partial charge in [0, 0.05) is 18.5 Å². The summed E-state index contributed by atoms with van der Waals surface area (Å²) in [5, 5.41) is 9.64. The average molecular weight is 273 g/mol. The van der Waals surface area contributed by atoms with Gasteiger partial charge in [-0.15, -0.1) is 0 Å². The highest BCUT2D eigenvalue weighted by molar-refractivity contribution is 7.99. The molecule has 0 aliphatic carbocycles. The van der Waals surface area contributed by atoms with E-state index in [1.807, 2.05) is 4.90 Å². The third-order valence-corrected chi connectivity index (χ3v) is 4.85. The fraction of sp³-hybridized carbons (Fsp3) is 0.929. The minimum Gasteiger partial charge on any atom is -0.396 e. The van der Waals surface area contributed by atoms with Gasteiger partial charge in [0.15, 0.2) is 0 Å². The number of aliphatic hydroxyl groups excluding tert-OH is 1. The Hall–Kier alpha value is -0.220. The van der Waals surface area contributed by atoms with E-state index >= 15 is 0 Å². The van der Waals surface area contributed by atoms with E-state index in [1.165, 1.54) is 0 Å². The topological polar surface area (TPSA) is 40.5 Å². The van der Waals surface area contributed by atoms with Crippen molar-refractivity contribution in [1.82, 2.24) is 4.90 Å². The van der Waals surface area contributed by atoms with Gasteiger partial charge in [-0.25, -0.2) is 0 Å². The molecule has 1 fully saturated rings. The number of nitrogens with zero attached hydrogens (tertiary/aromatic N) is 1. The van der Waals surface area contributed by atoms with Crippen molar-refractivity contribution in [1.29, 1.82) is 0 Å². The van der Waals surface area contributed by atoms with Gasteiger partial charge < -0.3 is 10.0 Å². The third-order valence-electron chi connectivity index (χ3n) is 3.70. The van der Waals surface area contributed by atoms with Crippen molar-refractivity contribution in [2.24, 2.45) is 5.41 Å². The number of piperidine rings is 1. The average Bonchev–Trinajstić information content (AvgIpc) is 2.39. The van der Waals surface area contributed by atoms with Gasteiger partial charge >= 0.3 is 0 Å². The Morgan fingerprint density at radius 1 is 1.39 bits per heavy atom. The van der Waals surface area contributed by atoms with E-state index in [2.05, 4.69) is 13.8 Å². The summed E-state index contributed by atoms with van der Waals surface area (Å²) >= 11 is 1.72. The summed E-state index contributed by atoms with van der Waals surface area (Å²) in [7, 11) is 0. The predicted molar refractivity (Wildman–Crippen MR) is 77.9 cm³/mol. The predicted octanol–water partition coefficient (Wildman–Crippen LogP) is 2.53. The minimum atomic E-state index is -0.0297. The van der Waals surface area contributed by atoms with Crippen molar-refractivity contribution < 1.29 is 9.90 Å². The molecule has 0 radical (unpaired) electrons. The summed E-state index contributed by atoms with van der Waals surface area (Å²) in [5.74, 6) is 1.91. The van der Waals surface area contributed by atoms with Crippen LogP contribution in [-0.2, 0) is 4.79 Å². The van der Waals surface area contributed by atoms with Crippen LogP contribution in [0.5, 0.6) is 0 Å². The molecule has 106 valence electrons. The number of carbonyl (C=O) groups is 1. The molecule has 18 heavy (non-hydrogen) atoms. The molecule has 1 rings (SSSR count). The molecule has 0 saturated carbocycles. The second-order valence-corrected chi connectivity index (χ2v) is 6.48. The molecule has 1 unspecified atom stereocenters. The van der Waals surface area contributed by atoms with E-state index in [9.17, 15) is 9.90 Å². The maximum absolute atomic E-state index is 12.1. The molecule has 1 N–H and O–H groups in total. The van der Waals surface area contributed by atoms with Gasteiger partial charge in [0.25, 0.3) is 0 Å². The molecule has 0 aromatic heterocycles. The van der Waals surface area contributed by atoms with Crippen LogP contribution in [0.15, 0.2) is 0 Å². The van der Waals surface area contributed by atoms with Crippen molar-refractivity contribution in [3.05, 3.63) is 0 Å². The zero-order valence-corrected chi connectivity index (χ0v) is 12.6. The smallest absolute Gasteiger partial charge is 0.232 e. The van der Waals surface area contributed by atoms with Crippen LogP contribution in [0.3, 0.4) is 0 Å². The van der Waals surface area contributed by atoms with E-state index < -0.39 is 0 Å². The largest absolute Gasteiger partial charge is 0.396 e. The highest BCUT2D eigenvalue weighted by Crippen LogP contribution is 2.34. The number of likely N-dealkylation sites (tertiary alicyclic amines) is 1. The maximum Gasteiger partial charge on any atom is 0.232 e. The first-order valence-electron chi connectivity index (χ1n) is 7.14. The number of carbonyl (C=O) groups excluding carboxylic acids is 1. The number of hydrogen-bond acceptors (Lipinski definition) is 3. The normalized spacial score (nSPS) is 24.3. The zero-order chi connectivity index (χ0) is 13.4. The quantitative estimate of drug-likeness (QED) is 0.725. The number of rotatable bonds is 7. The summed E-state index contributed by atoms with van der Waals surface area (Å²) in [4.78, 5) is 14.1. The van der Waals surface area contributed by atoms with Crippen molar-refractivity contribution in [3.63, 3.8) is 0 Å². The van der Waals surface area contributed by atoms with E-state index in [0.717, 1.165) is 50.9 Å². The molecule has 1 aliphatic heterocycles. The van der Waals surface area contributed by atoms with Gasteiger partial charge in [0.05, 0.1) is 12.4 Å². The molecule has 1 heterocycles. The monoisotopic (exact) mass is 273 g/mol. The van der Waals surface area contributed by atoms with E-state index in [0.29, 0.717) is 5.75 Å². The molecule has 0 bridgehead atoms.